The summed E-state index contributed by atoms with van der Waals surface area (Å²) in [7, 11) is 0. The van der Waals surface area contributed by atoms with Crippen molar-refractivity contribution in [1.82, 2.24) is 15.1 Å². The van der Waals surface area contributed by atoms with E-state index in [0.717, 1.165) is 11.4 Å². The zero-order valence-corrected chi connectivity index (χ0v) is 10.9. The van der Waals surface area contributed by atoms with Crippen LogP contribution in [0.3, 0.4) is 0 Å². The smallest absolute Gasteiger partial charge is 0.242 e. The number of hydrogen-bond donors (Lipinski definition) is 2. The number of aliphatic hydroxyl groups excluding tert-OH is 1. The lowest BCUT2D eigenvalue weighted by Crippen LogP contribution is -2.45. The van der Waals surface area contributed by atoms with Crippen molar-refractivity contribution in [3.8, 4) is 0 Å². The standard InChI is InChI=1S/C12H21N3O2/c1-9-7-10(2)15(14-9)8-11(17)13-12(3,4)5-6-16/h7,16H,5-6,8H2,1-4H3,(H,13,17). The molecule has 0 unspecified atom stereocenters. The lowest BCUT2D eigenvalue weighted by Gasteiger charge is -2.25. The topological polar surface area (TPSA) is 67.2 Å². The Hall–Kier alpha value is -1.36. The maximum absolute atomic E-state index is 11.8. The minimum atomic E-state index is -0.387. The molecule has 2 N–H and O–H groups in total. The number of aryl methyl sites for hydroxylation is 2. The molecule has 0 spiro atoms. The minimum Gasteiger partial charge on any atom is -0.396 e. The fourth-order valence-electron chi connectivity index (χ4n) is 1.73. The minimum absolute atomic E-state index is 0.0627. The summed E-state index contributed by atoms with van der Waals surface area (Å²) in [6, 6.07) is 1.94. The molecule has 0 aliphatic heterocycles. The van der Waals surface area contributed by atoms with Gasteiger partial charge in [0.15, 0.2) is 0 Å². The fourth-order valence-corrected chi connectivity index (χ4v) is 1.73. The van der Waals surface area contributed by atoms with E-state index >= 15 is 0 Å². The summed E-state index contributed by atoms with van der Waals surface area (Å²) in [6.45, 7) is 7.88. The highest BCUT2D eigenvalue weighted by atomic mass is 16.3. The Kier molecular flexibility index (Phi) is 4.28. The van der Waals surface area contributed by atoms with Gasteiger partial charge in [-0.15, -0.1) is 0 Å². The maximum atomic E-state index is 11.8. The number of amides is 1. The Balaban J connectivity index is 2.58. The Bertz CT molecular complexity index is 396. The molecule has 0 radical (unpaired) electrons. The first-order valence-corrected chi connectivity index (χ1v) is 5.77. The van der Waals surface area contributed by atoms with Gasteiger partial charge in [-0.25, -0.2) is 0 Å². The van der Waals surface area contributed by atoms with Crippen molar-refractivity contribution < 1.29 is 9.90 Å². The van der Waals surface area contributed by atoms with Crippen LogP contribution < -0.4 is 5.32 Å². The van der Waals surface area contributed by atoms with E-state index in [9.17, 15) is 4.79 Å². The van der Waals surface area contributed by atoms with Gasteiger partial charge >= 0.3 is 0 Å². The molecule has 17 heavy (non-hydrogen) atoms. The van der Waals surface area contributed by atoms with Crippen LogP contribution in [-0.4, -0.2) is 32.9 Å². The molecule has 1 amide bonds. The van der Waals surface area contributed by atoms with Crippen LogP contribution in [0, 0.1) is 13.8 Å². The predicted octanol–water partition coefficient (Wildman–Crippen LogP) is 0.777. The van der Waals surface area contributed by atoms with E-state index in [1.807, 2.05) is 33.8 Å². The normalized spacial score (nSPS) is 11.6. The number of hydrogen-bond acceptors (Lipinski definition) is 3. The van der Waals surface area contributed by atoms with E-state index in [0.29, 0.717) is 6.42 Å². The average molecular weight is 239 g/mol. The van der Waals surface area contributed by atoms with Gasteiger partial charge in [0, 0.05) is 17.8 Å². The van der Waals surface area contributed by atoms with Gasteiger partial charge < -0.3 is 10.4 Å². The summed E-state index contributed by atoms with van der Waals surface area (Å²) in [5, 5.41) is 16.0. The number of carbonyl (C=O) groups excluding carboxylic acids is 1. The van der Waals surface area contributed by atoms with Crippen molar-refractivity contribution in [3.05, 3.63) is 17.5 Å². The lowest BCUT2D eigenvalue weighted by molar-refractivity contribution is -0.123. The molecular formula is C12H21N3O2. The molecule has 0 aliphatic rings. The first-order valence-electron chi connectivity index (χ1n) is 5.77. The van der Waals surface area contributed by atoms with Gasteiger partial charge in [0.05, 0.1) is 5.69 Å². The van der Waals surface area contributed by atoms with Crippen LogP contribution in [0.15, 0.2) is 6.07 Å². The van der Waals surface area contributed by atoms with Crippen LogP contribution in [0.2, 0.25) is 0 Å². The summed E-state index contributed by atoms with van der Waals surface area (Å²) in [5.41, 5.74) is 1.49. The summed E-state index contributed by atoms with van der Waals surface area (Å²) in [6.07, 6.45) is 0.538. The molecule has 1 aromatic rings. The summed E-state index contributed by atoms with van der Waals surface area (Å²) in [5.74, 6) is -0.0883. The zero-order chi connectivity index (χ0) is 13.1. The second-order valence-electron chi connectivity index (χ2n) is 4.99. The largest absolute Gasteiger partial charge is 0.396 e. The van der Waals surface area contributed by atoms with Crippen molar-refractivity contribution in [2.24, 2.45) is 0 Å². The molecule has 0 fully saturated rings. The zero-order valence-electron chi connectivity index (χ0n) is 10.9. The fraction of sp³-hybridized carbons (Fsp3) is 0.667. The number of nitrogens with zero attached hydrogens (tertiary/aromatic N) is 2. The van der Waals surface area contributed by atoms with Crippen molar-refractivity contribution >= 4 is 5.91 Å². The van der Waals surface area contributed by atoms with Crippen molar-refractivity contribution in [2.45, 2.75) is 46.2 Å². The molecule has 0 atom stereocenters. The van der Waals surface area contributed by atoms with E-state index < -0.39 is 0 Å². The summed E-state index contributed by atoms with van der Waals surface area (Å²) < 4.78 is 1.68. The van der Waals surface area contributed by atoms with Gasteiger partial charge in [0.2, 0.25) is 5.91 Å². The second kappa shape index (κ2) is 5.31. The van der Waals surface area contributed by atoms with Gasteiger partial charge in [0.25, 0.3) is 0 Å². The van der Waals surface area contributed by atoms with Crippen LogP contribution >= 0.6 is 0 Å². The highest BCUT2D eigenvalue weighted by Crippen LogP contribution is 2.07. The first-order chi connectivity index (χ1) is 7.84. The van der Waals surface area contributed by atoms with Gasteiger partial charge in [-0.1, -0.05) is 0 Å². The molecule has 5 heteroatoms. The first kappa shape index (κ1) is 13.7. The SMILES string of the molecule is Cc1cc(C)n(CC(=O)NC(C)(C)CCO)n1. The van der Waals surface area contributed by atoms with Gasteiger partial charge in [0.1, 0.15) is 6.54 Å². The Morgan fingerprint density at radius 1 is 1.53 bits per heavy atom. The van der Waals surface area contributed by atoms with Crippen LogP contribution in [0.1, 0.15) is 31.7 Å². The third-order valence-corrected chi connectivity index (χ3v) is 2.61. The molecule has 0 saturated heterocycles. The lowest BCUT2D eigenvalue weighted by atomic mass is 10.0. The second-order valence-corrected chi connectivity index (χ2v) is 4.99. The van der Waals surface area contributed by atoms with Crippen LogP contribution in [-0.2, 0) is 11.3 Å². The molecule has 1 heterocycles. The van der Waals surface area contributed by atoms with E-state index in [4.69, 9.17) is 5.11 Å². The number of rotatable bonds is 5. The number of aromatic nitrogens is 2. The Morgan fingerprint density at radius 3 is 2.65 bits per heavy atom. The van der Waals surface area contributed by atoms with E-state index in [-0.39, 0.29) is 24.6 Å². The number of aliphatic hydroxyl groups is 1. The monoisotopic (exact) mass is 239 g/mol. The van der Waals surface area contributed by atoms with Crippen LogP contribution in [0.25, 0.3) is 0 Å². The maximum Gasteiger partial charge on any atom is 0.242 e. The summed E-state index contributed by atoms with van der Waals surface area (Å²) in [4.78, 5) is 11.8. The van der Waals surface area contributed by atoms with Crippen molar-refractivity contribution in [3.63, 3.8) is 0 Å². The third kappa shape index (κ3) is 4.19. The Labute approximate surface area is 102 Å². The molecule has 1 rings (SSSR count). The van der Waals surface area contributed by atoms with E-state index in [2.05, 4.69) is 10.4 Å². The van der Waals surface area contributed by atoms with Crippen LogP contribution in [0.4, 0.5) is 0 Å². The molecule has 96 valence electrons. The molecule has 5 nitrogen and oxygen atoms in total. The van der Waals surface area contributed by atoms with Gasteiger partial charge in [-0.2, -0.15) is 5.10 Å². The molecule has 0 aromatic carbocycles. The molecule has 0 bridgehead atoms. The summed E-state index contributed by atoms with van der Waals surface area (Å²) >= 11 is 0. The molecule has 0 saturated carbocycles. The van der Waals surface area contributed by atoms with Crippen molar-refractivity contribution in [1.29, 1.82) is 0 Å². The van der Waals surface area contributed by atoms with Crippen molar-refractivity contribution in [2.75, 3.05) is 6.61 Å². The molecular weight excluding hydrogens is 218 g/mol. The highest BCUT2D eigenvalue weighted by Gasteiger charge is 2.20. The molecule has 0 aliphatic carbocycles. The highest BCUT2D eigenvalue weighted by molar-refractivity contribution is 5.76. The quantitative estimate of drug-likeness (QED) is 0.798. The van der Waals surface area contributed by atoms with E-state index in [1.165, 1.54) is 0 Å². The average Bonchev–Trinajstić information content (AvgIpc) is 2.43. The van der Waals surface area contributed by atoms with E-state index in [1.54, 1.807) is 4.68 Å². The third-order valence-electron chi connectivity index (χ3n) is 2.61. The van der Waals surface area contributed by atoms with Crippen LogP contribution in [0.5, 0.6) is 0 Å². The van der Waals surface area contributed by atoms with Gasteiger partial charge in [-0.05, 0) is 40.2 Å². The number of carbonyl (C=O) groups is 1. The van der Waals surface area contributed by atoms with Gasteiger partial charge in [-0.3, -0.25) is 9.48 Å². The Morgan fingerprint density at radius 2 is 2.18 bits per heavy atom. The predicted molar refractivity (Wildman–Crippen MR) is 65.6 cm³/mol. The molecule has 1 aromatic heterocycles. The number of nitrogens with one attached hydrogen (secondary N) is 1.